The lowest BCUT2D eigenvalue weighted by Gasteiger charge is -2.27. The highest BCUT2D eigenvalue weighted by atomic mass is 32.1. The van der Waals surface area contributed by atoms with Crippen molar-refractivity contribution in [3.63, 3.8) is 0 Å². The number of benzene rings is 1. The third-order valence-corrected chi connectivity index (χ3v) is 4.63. The van der Waals surface area contributed by atoms with Gasteiger partial charge in [0.05, 0.1) is 6.04 Å². The molecule has 0 bridgehead atoms. The number of carbonyl (C=O) groups is 1. The van der Waals surface area contributed by atoms with Crippen molar-refractivity contribution in [2.45, 2.75) is 19.5 Å². The van der Waals surface area contributed by atoms with Gasteiger partial charge < -0.3 is 15.5 Å². The predicted octanol–water partition coefficient (Wildman–Crippen LogP) is 3.42. The number of amides is 2. The molecule has 0 saturated carbocycles. The van der Waals surface area contributed by atoms with Crippen molar-refractivity contribution in [2.75, 3.05) is 18.9 Å². The smallest absolute Gasteiger partial charge is 0.321 e. The van der Waals surface area contributed by atoms with Gasteiger partial charge in [-0.05, 0) is 41.3 Å². The van der Waals surface area contributed by atoms with E-state index in [4.69, 9.17) is 0 Å². The molecule has 1 aliphatic heterocycles. The van der Waals surface area contributed by atoms with Crippen LogP contribution in [0.5, 0.6) is 0 Å². The monoisotopic (exact) mass is 301 g/mol. The van der Waals surface area contributed by atoms with E-state index in [1.165, 1.54) is 10.4 Å². The van der Waals surface area contributed by atoms with Gasteiger partial charge in [0.15, 0.2) is 0 Å². The van der Waals surface area contributed by atoms with Crippen LogP contribution in [0, 0.1) is 0 Å². The summed E-state index contributed by atoms with van der Waals surface area (Å²) in [5.74, 6) is 0. The van der Waals surface area contributed by atoms with Crippen molar-refractivity contribution in [2.24, 2.45) is 0 Å². The molecule has 1 aromatic heterocycles. The van der Waals surface area contributed by atoms with Crippen molar-refractivity contribution in [1.29, 1.82) is 0 Å². The summed E-state index contributed by atoms with van der Waals surface area (Å²) in [6, 6.07) is 10.7. The SMILES string of the molecule is CCNC(c1ccc2c(c1)CN(C)C(=O)N2)c1cccs1. The second-order valence-electron chi connectivity index (χ2n) is 5.21. The van der Waals surface area contributed by atoms with E-state index in [0.717, 1.165) is 17.8 Å². The lowest BCUT2D eigenvalue weighted by Crippen LogP contribution is -2.35. The van der Waals surface area contributed by atoms with Crippen LogP contribution in [0.3, 0.4) is 0 Å². The van der Waals surface area contributed by atoms with Gasteiger partial charge in [-0.2, -0.15) is 0 Å². The Hall–Kier alpha value is -1.85. The number of anilines is 1. The molecule has 0 saturated heterocycles. The highest BCUT2D eigenvalue weighted by Crippen LogP contribution is 2.30. The molecule has 3 rings (SSSR count). The molecule has 1 atom stereocenters. The van der Waals surface area contributed by atoms with Gasteiger partial charge >= 0.3 is 6.03 Å². The second kappa shape index (κ2) is 5.87. The molecule has 1 aliphatic rings. The van der Waals surface area contributed by atoms with E-state index in [-0.39, 0.29) is 12.1 Å². The summed E-state index contributed by atoms with van der Waals surface area (Å²) in [4.78, 5) is 14.7. The molecule has 0 spiro atoms. The molecular weight excluding hydrogens is 282 g/mol. The molecule has 0 fully saturated rings. The summed E-state index contributed by atoms with van der Waals surface area (Å²) in [7, 11) is 1.81. The van der Waals surface area contributed by atoms with Gasteiger partial charge in [0.2, 0.25) is 0 Å². The van der Waals surface area contributed by atoms with Crippen molar-refractivity contribution in [3.05, 3.63) is 51.7 Å². The number of nitrogens with one attached hydrogen (secondary N) is 2. The van der Waals surface area contributed by atoms with E-state index in [1.54, 1.807) is 16.2 Å². The number of nitrogens with zero attached hydrogens (tertiary/aromatic N) is 1. The number of hydrogen-bond acceptors (Lipinski definition) is 3. The second-order valence-corrected chi connectivity index (χ2v) is 6.19. The molecule has 5 heteroatoms. The zero-order valence-electron chi connectivity index (χ0n) is 12.2. The topological polar surface area (TPSA) is 44.4 Å². The average molecular weight is 301 g/mol. The molecule has 0 aliphatic carbocycles. The van der Waals surface area contributed by atoms with Crippen molar-refractivity contribution < 1.29 is 4.79 Å². The Balaban J connectivity index is 1.95. The van der Waals surface area contributed by atoms with Crippen LogP contribution in [0.25, 0.3) is 0 Å². The first-order valence-electron chi connectivity index (χ1n) is 7.10. The Morgan fingerprint density at radius 1 is 1.43 bits per heavy atom. The van der Waals surface area contributed by atoms with E-state index >= 15 is 0 Å². The molecule has 1 aromatic carbocycles. The summed E-state index contributed by atoms with van der Waals surface area (Å²) in [5, 5.41) is 8.55. The standard InChI is InChI=1S/C16H19N3OS/c1-3-17-15(14-5-4-8-21-14)11-6-7-13-12(9-11)10-19(2)16(20)18-13/h4-9,15,17H,3,10H2,1-2H3,(H,18,20). The minimum absolute atomic E-state index is 0.0447. The first-order chi connectivity index (χ1) is 10.2. The molecule has 0 radical (unpaired) electrons. The maximum Gasteiger partial charge on any atom is 0.321 e. The fourth-order valence-corrected chi connectivity index (χ4v) is 3.45. The van der Waals surface area contributed by atoms with E-state index in [2.05, 4.69) is 47.2 Å². The highest BCUT2D eigenvalue weighted by Gasteiger charge is 2.21. The minimum atomic E-state index is -0.0447. The molecule has 2 amide bonds. The van der Waals surface area contributed by atoms with Gasteiger partial charge in [-0.25, -0.2) is 4.79 Å². The molecule has 2 aromatic rings. The van der Waals surface area contributed by atoms with Gasteiger partial charge in [-0.15, -0.1) is 11.3 Å². The van der Waals surface area contributed by atoms with Crippen LogP contribution in [0.15, 0.2) is 35.7 Å². The molecule has 2 heterocycles. The van der Waals surface area contributed by atoms with E-state index in [9.17, 15) is 4.79 Å². The molecule has 4 nitrogen and oxygen atoms in total. The first kappa shape index (κ1) is 14.1. The van der Waals surface area contributed by atoms with E-state index in [1.807, 2.05) is 13.1 Å². The van der Waals surface area contributed by atoms with Crippen LogP contribution in [0.1, 0.15) is 29.0 Å². The average Bonchev–Trinajstić information content (AvgIpc) is 2.99. The molecule has 1 unspecified atom stereocenters. The lowest BCUT2D eigenvalue weighted by atomic mass is 10.00. The first-order valence-corrected chi connectivity index (χ1v) is 7.98. The number of fused-ring (bicyclic) bond motifs is 1. The Labute approximate surface area is 128 Å². The van der Waals surface area contributed by atoms with Crippen LogP contribution in [0.2, 0.25) is 0 Å². The number of carbonyl (C=O) groups excluding carboxylic acids is 1. The number of thiophene rings is 1. The molecular formula is C16H19N3OS. The maximum absolute atomic E-state index is 11.7. The zero-order valence-corrected chi connectivity index (χ0v) is 13.0. The zero-order chi connectivity index (χ0) is 14.8. The van der Waals surface area contributed by atoms with Crippen LogP contribution >= 0.6 is 11.3 Å². The Morgan fingerprint density at radius 2 is 2.29 bits per heavy atom. The van der Waals surface area contributed by atoms with E-state index < -0.39 is 0 Å². The normalized spacial score (nSPS) is 15.5. The fraction of sp³-hybridized carbons (Fsp3) is 0.312. The van der Waals surface area contributed by atoms with Gasteiger partial charge in [-0.1, -0.05) is 19.1 Å². The maximum atomic E-state index is 11.7. The van der Waals surface area contributed by atoms with Crippen molar-refractivity contribution in [3.8, 4) is 0 Å². The van der Waals surface area contributed by atoms with Crippen LogP contribution in [-0.2, 0) is 6.54 Å². The van der Waals surface area contributed by atoms with Gasteiger partial charge in [0.1, 0.15) is 0 Å². The lowest BCUT2D eigenvalue weighted by molar-refractivity contribution is 0.218. The number of rotatable bonds is 4. The summed E-state index contributed by atoms with van der Waals surface area (Å²) in [5.41, 5.74) is 3.32. The van der Waals surface area contributed by atoms with Crippen LogP contribution in [0.4, 0.5) is 10.5 Å². The quantitative estimate of drug-likeness (QED) is 0.909. The van der Waals surface area contributed by atoms with Crippen LogP contribution in [-0.4, -0.2) is 24.5 Å². The van der Waals surface area contributed by atoms with Crippen LogP contribution < -0.4 is 10.6 Å². The summed E-state index contributed by atoms with van der Waals surface area (Å²) in [6.07, 6.45) is 0. The Kier molecular flexibility index (Phi) is 3.94. The minimum Gasteiger partial charge on any atom is -0.323 e. The van der Waals surface area contributed by atoms with Crippen molar-refractivity contribution >= 4 is 23.1 Å². The largest absolute Gasteiger partial charge is 0.323 e. The molecule has 110 valence electrons. The predicted molar refractivity (Wildman–Crippen MR) is 86.8 cm³/mol. The summed E-state index contributed by atoms with van der Waals surface area (Å²) < 4.78 is 0. The molecule has 2 N–H and O–H groups in total. The fourth-order valence-electron chi connectivity index (χ4n) is 2.63. The number of urea groups is 1. The van der Waals surface area contributed by atoms with Gasteiger partial charge in [-0.3, -0.25) is 0 Å². The summed E-state index contributed by atoms with van der Waals surface area (Å²) in [6.45, 7) is 3.68. The Bertz CT molecular complexity index is 639. The third-order valence-electron chi connectivity index (χ3n) is 3.69. The molecule has 21 heavy (non-hydrogen) atoms. The van der Waals surface area contributed by atoms with Gasteiger partial charge in [0, 0.05) is 24.2 Å². The highest BCUT2D eigenvalue weighted by molar-refractivity contribution is 7.10. The third kappa shape index (κ3) is 2.80. The van der Waals surface area contributed by atoms with Crippen molar-refractivity contribution in [1.82, 2.24) is 10.2 Å². The Morgan fingerprint density at radius 3 is 3.00 bits per heavy atom. The van der Waals surface area contributed by atoms with Gasteiger partial charge in [0.25, 0.3) is 0 Å². The summed E-state index contributed by atoms with van der Waals surface area (Å²) >= 11 is 1.76. The van der Waals surface area contributed by atoms with E-state index in [0.29, 0.717) is 6.54 Å². The number of hydrogen-bond donors (Lipinski definition) is 2.